The summed E-state index contributed by atoms with van der Waals surface area (Å²) in [6.07, 6.45) is 1.90. The van der Waals surface area contributed by atoms with Crippen molar-refractivity contribution in [1.29, 1.82) is 0 Å². The zero-order valence-corrected chi connectivity index (χ0v) is 10.0. The Morgan fingerprint density at radius 3 is 2.94 bits per heavy atom. The summed E-state index contributed by atoms with van der Waals surface area (Å²) in [4.78, 5) is 4.14. The lowest BCUT2D eigenvalue weighted by atomic mass is 10.3. The lowest BCUT2D eigenvalue weighted by Gasteiger charge is -2.01. The number of hydrogen-bond donors (Lipinski definition) is 1. The molecule has 0 aromatic carbocycles. The Hall–Kier alpha value is -1.50. The Morgan fingerprint density at radius 1 is 1.50 bits per heavy atom. The third-order valence-corrected chi connectivity index (χ3v) is 2.49. The van der Waals surface area contributed by atoms with Crippen LogP contribution in [-0.2, 0) is 13.0 Å². The number of nitrogens with one attached hydrogen (secondary N) is 1. The van der Waals surface area contributed by atoms with Crippen LogP contribution in [0.1, 0.15) is 30.9 Å². The van der Waals surface area contributed by atoms with Gasteiger partial charge in [-0.1, -0.05) is 12.1 Å². The summed E-state index contributed by atoms with van der Waals surface area (Å²) in [5, 5.41) is 10.8. The quantitative estimate of drug-likeness (QED) is 0.821. The van der Waals surface area contributed by atoms with Crippen LogP contribution in [0.2, 0.25) is 0 Å². The fraction of sp³-hybridized carbons (Fsp3) is 0.556. The molecule has 0 aliphatic carbocycles. The second-order valence-electron chi connectivity index (χ2n) is 3.51. The highest BCUT2D eigenvalue weighted by Crippen LogP contribution is 2.05. The van der Waals surface area contributed by atoms with E-state index in [4.69, 9.17) is 16.7 Å². The summed E-state index contributed by atoms with van der Waals surface area (Å²) < 4.78 is 7.39. The summed E-state index contributed by atoms with van der Waals surface area (Å²) in [6, 6.07) is 0. The van der Waals surface area contributed by atoms with Crippen molar-refractivity contribution in [2.45, 2.75) is 33.2 Å². The third-order valence-electron chi connectivity index (χ3n) is 2.18. The molecule has 0 spiro atoms. The normalized spacial score (nSPS) is 10.9. The van der Waals surface area contributed by atoms with Crippen molar-refractivity contribution < 1.29 is 4.52 Å². The van der Waals surface area contributed by atoms with Gasteiger partial charge in [-0.05, 0) is 18.6 Å². The predicted octanol–water partition coefficient (Wildman–Crippen LogP) is 1.63. The van der Waals surface area contributed by atoms with Crippen LogP contribution in [0.25, 0.3) is 0 Å². The van der Waals surface area contributed by atoms with E-state index < -0.39 is 0 Å². The molecule has 0 unspecified atom stereocenters. The molecule has 2 rings (SSSR count). The maximum absolute atomic E-state index is 5.15. The first-order chi connectivity index (χ1) is 7.70. The number of aryl methyl sites for hydroxylation is 2. The van der Waals surface area contributed by atoms with Gasteiger partial charge in [-0.15, -0.1) is 0 Å². The van der Waals surface area contributed by atoms with Gasteiger partial charge in [0.25, 0.3) is 0 Å². The fourth-order valence-corrected chi connectivity index (χ4v) is 1.69. The van der Waals surface area contributed by atoms with Crippen LogP contribution in [0, 0.1) is 11.7 Å². The summed E-state index contributed by atoms with van der Waals surface area (Å²) in [7, 11) is 0. The van der Waals surface area contributed by atoms with Crippen molar-refractivity contribution in [3.8, 4) is 0 Å². The van der Waals surface area contributed by atoms with Crippen LogP contribution in [-0.4, -0.2) is 24.9 Å². The van der Waals surface area contributed by atoms with Gasteiger partial charge in [-0.25, -0.2) is 0 Å². The van der Waals surface area contributed by atoms with E-state index in [0.717, 1.165) is 18.7 Å². The second-order valence-corrected chi connectivity index (χ2v) is 3.90. The first-order valence-corrected chi connectivity index (χ1v) is 5.54. The van der Waals surface area contributed by atoms with Crippen LogP contribution in [0.15, 0.2) is 4.52 Å². The van der Waals surface area contributed by atoms with Crippen molar-refractivity contribution >= 4 is 12.2 Å². The molecular formula is C9H13N5OS. The van der Waals surface area contributed by atoms with Crippen molar-refractivity contribution in [2.75, 3.05) is 0 Å². The molecule has 2 heterocycles. The molecule has 1 N–H and O–H groups in total. The van der Waals surface area contributed by atoms with Crippen LogP contribution in [0.4, 0.5) is 0 Å². The fourth-order valence-electron chi connectivity index (χ4n) is 1.47. The lowest BCUT2D eigenvalue weighted by Crippen LogP contribution is -2.06. The monoisotopic (exact) mass is 239 g/mol. The van der Waals surface area contributed by atoms with Crippen molar-refractivity contribution in [2.24, 2.45) is 0 Å². The number of nitrogens with zero attached hydrogens (tertiary/aromatic N) is 4. The molecule has 0 aliphatic heterocycles. The van der Waals surface area contributed by atoms with Gasteiger partial charge in [0.15, 0.2) is 10.6 Å². The largest absolute Gasteiger partial charge is 0.340 e. The van der Waals surface area contributed by atoms with Crippen LogP contribution in [0.5, 0.6) is 0 Å². The smallest absolute Gasteiger partial charge is 0.223 e. The minimum Gasteiger partial charge on any atom is -0.340 e. The van der Waals surface area contributed by atoms with E-state index in [2.05, 4.69) is 27.3 Å². The summed E-state index contributed by atoms with van der Waals surface area (Å²) in [5.41, 5.74) is 0. The second kappa shape index (κ2) is 4.56. The average molecular weight is 239 g/mol. The Labute approximate surface area is 97.7 Å². The Bertz CT molecular complexity index is 526. The van der Waals surface area contributed by atoms with Crippen molar-refractivity contribution in [3.05, 3.63) is 22.3 Å². The Balaban J connectivity index is 2.26. The molecule has 86 valence electrons. The average Bonchev–Trinajstić information content (AvgIpc) is 2.79. The number of hydrogen-bond acceptors (Lipinski definition) is 5. The minimum atomic E-state index is 0.502. The van der Waals surface area contributed by atoms with E-state index in [1.165, 1.54) is 0 Å². The highest BCUT2D eigenvalue weighted by atomic mass is 32.1. The number of H-pyrrole nitrogens is 1. The highest BCUT2D eigenvalue weighted by Gasteiger charge is 2.09. The van der Waals surface area contributed by atoms with E-state index in [0.29, 0.717) is 23.0 Å². The zero-order chi connectivity index (χ0) is 11.5. The summed E-state index contributed by atoms with van der Waals surface area (Å²) >= 11 is 5.15. The van der Waals surface area contributed by atoms with Crippen molar-refractivity contribution in [3.63, 3.8) is 0 Å². The van der Waals surface area contributed by atoms with Gasteiger partial charge in [0.05, 0.1) is 6.54 Å². The molecule has 0 aliphatic rings. The molecule has 0 saturated heterocycles. The minimum absolute atomic E-state index is 0.502. The SMILES string of the molecule is CCCc1n[nH]c(=S)n1Cc1noc(C)n1. The summed E-state index contributed by atoms with van der Waals surface area (Å²) in [6.45, 7) is 4.36. The van der Waals surface area contributed by atoms with Gasteiger partial charge in [-0.3, -0.25) is 9.67 Å². The maximum Gasteiger partial charge on any atom is 0.223 e. The molecule has 6 nitrogen and oxygen atoms in total. The molecule has 7 heteroatoms. The van der Waals surface area contributed by atoms with E-state index >= 15 is 0 Å². The molecular weight excluding hydrogens is 226 g/mol. The number of rotatable bonds is 4. The predicted molar refractivity (Wildman–Crippen MR) is 59.5 cm³/mol. The highest BCUT2D eigenvalue weighted by molar-refractivity contribution is 7.71. The number of aromatic nitrogens is 5. The first-order valence-electron chi connectivity index (χ1n) is 5.14. The van der Waals surface area contributed by atoms with E-state index in [-0.39, 0.29) is 0 Å². The van der Waals surface area contributed by atoms with Gasteiger partial charge in [-0.2, -0.15) is 10.1 Å². The maximum atomic E-state index is 5.15. The van der Waals surface area contributed by atoms with Crippen LogP contribution >= 0.6 is 12.2 Å². The molecule has 2 aromatic heterocycles. The molecule has 16 heavy (non-hydrogen) atoms. The molecule has 0 amide bonds. The van der Waals surface area contributed by atoms with Crippen molar-refractivity contribution in [1.82, 2.24) is 24.9 Å². The Morgan fingerprint density at radius 2 is 2.31 bits per heavy atom. The molecule has 0 fully saturated rings. The summed E-state index contributed by atoms with van der Waals surface area (Å²) in [5.74, 6) is 2.10. The van der Waals surface area contributed by atoms with Gasteiger partial charge in [0, 0.05) is 13.3 Å². The molecule has 0 radical (unpaired) electrons. The van der Waals surface area contributed by atoms with Crippen LogP contribution < -0.4 is 0 Å². The molecule has 0 atom stereocenters. The van der Waals surface area contributed by atoms with Gasteiger partial charge >= 0.3 is 0 Å². The Kier molecular flexibility index (Phi) is 3.14. The zero-order valence-electron chi connectivity index (χ0n) is 9.23. The molecule has 2 aromatic rings. The topological polar surface area (TPSA) is 72.5 Å². The van der Waals surface area contributed by atoms with E-state index in [9.17, 15) is 0 Å². The van der Waals surface area contributed by atoms with Gasteiger partial charge in [0.2, 0.25) is 5.89 Å². The van der Waals surface area contributed by atoms with Crippen LogP contribution in [0.3, 0.4) is 0 Å². The van der Waals surface area contributed by atoms with E-state index in [1.807, 2.05) is 4.57 Å². The van der Waals surface area contributed by atoms with Gasteiger partial charge < -0.3 is 4.52 Å². The molecule has 0 saturated carbocycles. The van der Waals surface area contributed by atoms with Gasteiger partial charge in [0.1, 0.15) is 5.82 Å². The number of aromatic amines is 1. The standard InChI is InChI=1S/C9H13N5OS/c1-3-4-8-11-12-9(16)14(8)5-7-10-6(2)15-13-7/h3-5H2,1-2H3,(H,12,16). The molecule has 0 bridgehead atoms. The lowest BCUT2D eigenvalue weighted by molar-refractivity contribution is 0.385. The first kappa shape index (κ1) is 11.0. The third kappa shape index (κ3) is 2.19. The van der Waals surface area contributed by atoms with E-state index in [1.54, 1.807) is 6.92 Å².